The van der Waals surface area contributed by atoms with E-state index in [1.807, 2.05) is 0 Å². The van der Waals surface area contributed by atoms with Crippen LogP contribution in [0.4, 0.5) is 5.82 Å². The Hall–Kier alpha value is -2.74. The van der Waals surface area contributed by atoms with E-state index in [-0.39, 0.29) is 12.1 Å². The molecule has 9 nitrogen and oxygen atoms in total. The third-order valence-electron chi connectivity index (χ3n) is 3.81. The van der Waals surface area contributed by atoms with Crippen LogP contribution in [0.15, 0.2) is 36.8 Å². The lowest BCUT2D eigenvalue weighted by molar-refractivity contribution is 0.0964. The topological polar surface area (TPSA) is 140 Å². The summed E-state index contributed by atoms with van der Waals surface area (Å²) in [5.41, 5.74) is 3.09. The molecule has 2 aromatic heterocycles. The normalized spacial score (nSPS) is 11.5. The predicted molar refractivity (Wildman–Crippen MR) is 96.8 cm³/mol. The van der Waals surface area contributed by atoms with Crippen LogP contribution in [0, 0.1) is 0 Å². The zero-order valence-electron chi connectivity index (χ0n) is 13.9. The summed E-state index contributed by atoms with van der Waals surface area (Å²) in [5.74, 6) is 0.325. The van der Waals surface area contributed by atoms with Crippen molar-refractivity contribution >= 4 is 30.4 Å². The van der Waals surface area contributed by atoms with Crippen LogP contribution < -0.4 is 10.6 Å². The van der Waals surface area contributed by atoms with Gasteiger partial charge in [0.05, 0.1) is 11.7 Å². The zero-order valence-corrected chi connectivity index (χ0v) is 14.8. The summed E-state index contributed by atoms with van der Waals surface area (Å²) in [5, 5.41) is 5.74. The van der Waals surface area contributed by atoms with Gasteiger partial charge in [-0.3, -0.25) is 9.36 Å². The van der Waals surface area contributed by atoms with Crippen molar-refractivity contribution in [2.24, 2.45) is 0 Å². The highest BCUT2D eigenvalue weighted by molar-refractivity contribution is 7.50. The minimum atomic E-state index is -4.07. The molecule has 26 heavy (non-hydrogen) atoms. The number of hydrogen-bond donors (Lipinski definition) is 5. The van der Waals surface area contributed by atoms with Crippen molar-refractivity contribution in [3.63, 3.8) is 0 Å². The van der Waals surface area contributed by atoms with Crippen LogP contribution in [0.2, 0.25) is 0 Å². The van der Waals surface area contributed by atoms with Crippen molar-refractivity contribution in [1.82, 2.24) is 20.3 Å². The Bertz CT molecular complexity index is 980. The molecule has 5 N–H and O–H groups in total. The molecule has 0 saturated carbocycles. The molecule has 0 aliphatic rings. The van der Waals surface area contributed by atoms with Gasteiger partial charge in [-0.1, -0.05) is 24.3 Å². The number of carbonyl (C=O) groups is 1. The number of nitrogens with one attached hydrogen (secondary N) is 3. The quantitative estimate of drug-likeness (QED) is 0.412. The van der Waals surface area contributed by atoms with E-state index in [9.17, 15) is 9.36 Å². The number of benzene rings is 1. The van der Waals surface area contributed by atoms with Gasteiger partial charge in [-0.15, -0.1) is 0 Å². The highest BCUT2D eigenvalue weighted by Crippen LogP contribution is 2.38. The average Bonchev–Trinajstić information content (AvgIpc) is 3.04. The lowest BCUT2D eigenvalue weighted by Gasteiger charge is -2.08. The number of fused-ring (bicyclic) bond motifs is 1. The summed E-state index contributed by atoms with van der Waals surface area (Å²) in [6.45, 7) is 0.455. The van der Waals surface area contributed by atoms with Crippen LogP contribution in [0.1, 0.15) is 21.5 Å². The van der Waals surface area contributed by atoms with E-state index in [0.29, 0.717) is 34.5 Å². The summed E-state index contributed by atoms with van der Waals surface area (Å²) in [6, 6.07) is 6.95. The van der Waals surface area contributed by atoms with Crippen LogP contribution in [0.5, 0.6) is 0 Å². The first-order chi connectivity index (χ1) is 12.4. The average molecular weight is 375 g/mol. The van der Waals surface area contributed by atoms with E-state index in [0.717, 1.165) is 5.56 Å². The summed E-state index contributed by atoms with van der Waals surface area (Å²) in [6.07, 6.45) is 2.69. The lowest BCUT2D eigenvalue weighted by Crippen LogP contribution is -2.17. The van der Waals surface area contributed by atoms with Crippen molar-refractivity contribution in [3.05, 3.63) is 53.5 Å². The number of amides is 1. The van der Waals surface area contributed by atoms with Crippen LogP contribution in [-0.4, -0.2) is 37.7 Å². The van der Waals surface area contributed by atoms with Crippen LogP contribution in [-0.2, 0) is 17.3 Å². The van der Waals surface area contributed by atoms with Gasteiger partial charge in [0, 0.05) is 19.8 Å². The maximum absolute atomic E-state index is 11.8. The monoisotopic (exact) mass is 375 g/mol. The number of carbonyl (C=O) groups excluding carboxylic acids is 1. The van der Waals surface area contributed by atoms with Crippen LogP contribution in [0.3, 0.4) is 0 Å². The number of H-pyrrole nitrogens is 1. The Morgan fingerprint density at radius 1 is 1.19 bits per heavy atom. The number of rotatable bonds is 6. The molecule has 2 heterocycles. The second-order valence-electron chi connectivity index (χ2n) is 5.72. The van der Waals surface area contributed by atoms with Crippen molar-refractivity contribution in [1.29, 1.82) is 0 Å². The van der Waals surface area contributed by atoms with Gasteiger partial charge in [0.15, 0.2) is 5.82 Å². The van der Waals surface area contributed by atoms with E-state index in [2.05, 4.69) is 25.6 Å². The SMILES string of the molecule is CNC(=O)c1c[nH]c2c(NCc3ccc(CP(=O)(O)O)cc3)ncnc12. The Balaban J connectivity index is 1.75. The van der Waals surface area contributed by atoms with Crippen molar-refractivity contribution in [2.45, 2.75) is 12.7 Å². The standard InChI is InChI=1S/C16H18N5O4P/c1-17-16(22)12-7-18-14-13(12)20-9-21-15(14)19-6-10-2-4-11(5-3-10)8-26(23,24)25/h2-5,7,9,18H,6,8H2,1H3,(H,17,22)(H,19,20,21)(H2,23,24,25). The molecule has 3 aromatic rings. The fraction of sp³-hybridized carbons (Fsp3) is 0.188. The van der Waals surface area contributed by atoms with E-state index >= 15 is 0 Å². The summed E-state index contributed by atoms with van der Waals surface area (Å²) in [4.78, 5) is 41.2. The molecule has 3 rings (SSSR count). The first kappa shape index (κ1) is 18.1. The maximum atomic E-state index is 11.8. The van der Waals surface area contributed by atoms with Gasteiger partial charge in [-0.2, -0.15) is 0 Å². The molecule has 0 saturated heterocycles. The van der Waals surface area contributed by atoms with Gasteiger partial charge in [0.25, 0.3) is 5.91 Å². The highest BCUT2D eigenvalue weighted by Gasteiger charge is 2.15. The molecule has 1 amide bonds. The molecule has 136 valence electrons. The van der Waals surface area contributed by atoms with E-state index in [1.165, 1.54) is 6.33 Å². The fourth-order valence-corrected chi connectivity index (χ4v) is 3.25. The molecule has 1 aromatic carbocycles. The molecule has 0 spiro atoms. The molecular formula is C16H18N5O4P. The van der Waals surface area contributed by atoms with Gasteiger partial charge in [0.1, 0.15) is 17.4 Å². The first-order valence-corrected chi connectivity index (χ1v) is 9.57. The van der Waals surface area contributed by atoms with E-state index < -0.39 is 7.60 Å². The van der Waals surface area contributed by atoms with Gasteiger partial charge >= 0.3 is 7.60 Å². The largest absolute Gasteiger partial charge is 0.364 e. The molecule has 0 unspecified atom stereocenters. The van der Waals surface area contributed by atoms with Gasteiger partial charge < -0.3 is 25.4 Å². The first-order valence-electron chi connectivity index (χ1n) is 7.78. The number of hydrogen-bond acceptors (Lipinski definition) is 5. The smallest absolute Gasteiger partial charge is 0.329 e. The van der Waals surface area contributed by atoms with Crippen molar-refractivity contribution < 1.29 is 19.1 Å². The van der Waals surface area contributed by atoms with Gasteiger partial charge in [-0.05, 0) is 11.1 Å². The Morgan fingerprint density at radius 3 is 2.54 bits per heavy atom. The molecule has 0 atom stereocenters. The Kier molecular flexibility index (Phi) is 5.03. The third-order valence-corrected chi connectivity index (χ3v) is 4.58. The minimum absolute atomic E-state index is 0.235. The second kappa shape index (κ2) is 7.25. The second-order valence-corrected chi connectivity index (χ2v) is 7.37. The minimum Gasteiger partial charge on any atom is -0.364 e. The molecule has 0 radical (unpaired) electrons. The molecule has 10 heteroatoms. The fourth-order valence-electron chi connectivity index (χ4n) is 2.57. The van der Waals surface area contributed by atoms with E-state index in [1.54, 1.807) is 37.5 Å². The van der Waals surface area contributed by atoms with Crippen molar-refractivity contribution in [2.75, 3.05) is 12.4 Å². The maximum Gasteiger partial charge on any atom is 0.329 e. The third kappa shape index (κ3) is 4.08. The molecular weight excluding hydrogens is 357 g/mol. The Morgan fingerprint density at radius 2 is 1.88 bits per heavy atom. The number of anilines is 1. The van der Waals surface area contributed by atoms with Gasteiger partial charge in [-0.25, -0.2) is 9.97 Å². The Labute approximate surface area is 149 Å². The van der Waals surface area contributed by atoms with Crippen LogP contribution in [0.25, 0.3) is 11.0 Å². The van der Waals surface area contributed by atoms with Gasteiger partial charge in [0.2, 0.25) is 0 Å². The predicted octanol–water partition coefficient (Wildman–Crippen LogP) is 1.61. The van der Waals surface area contributed by atoms with E-state index in [4.69, 9.17) is 9.79 Å². The zero-order chi connectivity index (χ0) is 18.7. The number of aromatic nitrogens is 3. The molecule has 0 fully saturated rings. The summed E-state index contributed by atoms with van der Waals surface area (Å²) < 4.78 is 11.0. The summed E-state index contributed by atoms with van der Waals surface area (Å²) >= 11 is 0. The summed E-state index contributed by atoms with van der Waals surface area (Å²) in [7, 11) is -2.52. The molecule has 0 aliphatic heterocycles. The highest BCUT2D eigenvalue weighted by atomic mass is 31.2. The lowest BCUT2D eigenvalue weighted by atomic mass is 10.1. The van der Waals surface area contributed by atoms with Crippen LogP contribution >= 0.6 is 7.60 Å². The van der Waals surface area contributed by atoms with Crippen molar-refractivity contribution in [3.8, 4) is 0 Å². The molecule has 0 bridgehead atoms. The molecule has 0 aliphatic carbocycles. The number of aromatic amines is 1. The number of nitrogens with zero attached hydrogens (tertiary/aromatic N) is 2.